The first-order chi connectivity index (χ1) is 7.38. The molecule has 0 aliphatic heterocycles. The highest BCUT2D eigenvalue weighted by atomic mass is 16.1. The van der Waals surface area contributed by atoms with Gasteiger partial charge in [-0.2, -0.15) is 0 Å². The number of hydrogen-bond acceptors (Lipinski definition) is 1. The molecule has 3 rings (SSSR count). The zero-order valence-corrected chi connectivity index (χ0v) is 11.0. The van der Waals surface area contributed by atoms with Gasteiger partial charge >= 0.3 is 0 Å². The summed E-state index contributed by atoms with van der Waals surface area (Å²) in [7, 11) is 0. The minimum Gasteiger partial charge on any atom is -0.300 e. The van der Waals surface area contributed by atoms with Gasteiger partial charge in [0.2, 0.25) is 0 Å². The van der Waals surface area contributed by atoms with Gasteiger partial charge in [-0.05, 0) is 47.3 Å². The Kier molecular flexibility index (Phi) is 1.97. The molecule has 3 aliphatic carbocycles. The van der Waals surface area contributed by atoms with Gasteiger partial charge in [-0.1, -0.05) is 27.7 Å². The van der Waals surface area contributed by atoms with Gasteiger partial charge in [0.05, 0.1) is 0 Å². The summed E-state index contributed by atoms with van der Waals surface area (Å²) in [5.74, 6) is 3.70. The summed E-state index contributed by atoms with van der Waals surface area (Å²) in [6, 6.07) is 0. The first-order valence-electron chi connectivity index (χ1n) is 6.89. The van der Waals surface area contributed by atoms with Crippen molar-refractivity contribution in [2.45, 2.75) is 53.4 Å². The molecular weight excluding hydrogens is 196 g/mol. The molecule has 0 heterocycles. The normalized spacial score (nSPS) is 54.1. The average molecular weight is 220 g/mol. The number of hydrogen-bond donors (Lipinski definition) is 0. The average Bonchev–Trinajstić information content (AvgIpc) is 2.61. The Balaban J connectivity index is 1.83. The van der Waals surface area contributed by atoms with E-state index in [2.05, 4.69) is 27.7 Å². The molecule has 4 unspecified atom stereocenters. The largest absolute Gasteiger partial charge is 0.300 e. The van der Waals surface area contributed by atoms with Crippen molar-refractivity contribution in [1.82, 2.24) is 0 Å². The van der Waals surface area contributed by atoms with E-state index in [1.54, 1.807) is 0 Å². The number of carbonyl (C=O) groups excluding carboxylic acids is 1. The smallest absolute Gasteiger partial charge is 0.133 e. The van der Waals surface area contributed by atoms with Gasteiger partial charge in [-0.3, -0.25) is 4.79 Å². The third-order valence-electron chi connectivity index (χ3n) is 6.52. The lowest BCUT2D eigenvalue weighted by Crippen LogP contribution is -2.41. The van der Waals surface area contributed by atoms with Crippen molar-refractivity contribution >= 4 is 5.78 Å². The standard InChI is InChI=1S/C15H24O/c1-9-5-11(16)6-10(2)15(9)7-12-13(8-15)14(12,3)4/h9-10,12-13H,5-8H2,1-4H3. The third kappa shape index (κ3) is 1.15. The van der Waals surface area contributed by atoms with Gasteiger partial charge in [-0.25, -0.2) is 0 Å². The molecule has 4 atom stereocenters. The van der Waals surface area contributed by atoms with E-state index in [0.717, 1.165) is 24.7 Å². The summed E-state index contributed by atoms with van der Waals surface area (Å²) in [6.07, 6.45) is 4.51. The maximum atomic E-state index is 11.6. The molecule has 0 aromatic carbocycles. The van der Waals surface area contributed by atoms with Crippen LogP contribution in [0.5, 0.6) is 0 Å². The van der Waals surface area contributed by atoms with Crippen molar-refractivity contribution in [3.8, 4) is 0 Å². The zero-order chi connectivity index (χ0) is 11.7. The van der Waals surface area contributed by atoms with Crippen LogP contribution in [-0.2, 0) is 4.79 Å². The highest BCUT2D eigenvalue weighted by molar-refractivity contribution is 5.80. The number of carbonyl (C=O) groups is 1. The predicted molar refractivity (Wildman–Crippen MR) is 65.0 cm³/mol. The van der Waals surface area contributed by atoms with Crippen LogP contribution < -0.4 is 0 Å². The molecule has 1 spiro atoms. The molecule has 1 heteroatoms. The second kappa shape index (κ2) is 2.91. The van der Waals surface area contributed by atoms with E-state index >= 15 is 0 Å². The lowest BCUT2D eigenvalue weighted by molar-refractivity contribution is -0.128. The fourth-order valence-corrected chi connectivity index (χ4v) is 5.03. The minimum absolute atomic E-state index is 0.505. The van der Waals surface area contributed by atoms with E-state index in [1.807, 2.05) is 0 Å². The Morgan fingerprint density at radius 1 is 1.00 bits per heavy atom. The maximum Gasteiger partial charge on any atom is 0.133 e. The molecular formula is C15H24O. The number of rotatable bonds is 0. The molecule has 0 aromatic rings. The molecule has 0 saturated heterocycles. The number of ketones is 1. The molecule has 1 nitrogen and oxygen atoms in total. The Morgan fingerprint density at radius 3 is 1.88 bits per heavy atom. The van der Waals surface area contributed by atoms with E-state index in [9.17, 15) is 4.79 Å². The minimum atomic E-state index is 0.505. The van der Waals surface area contributed by atoms with Crippen molar-refractivity contribution in [1.29, 1.82) is 0 Å². The van der Waals surface area contributed by atoms with Crippen molar-refractivity contribution in [3.05, 3.63) is 0 Å². The summed E-state index contributed by atoms with van der Waals surface area (Å²) >= 11 is 0. The molecule has 0 N–H and O–H groups in total. The summed E-state index contributed by atoms with van der Waals surface area (Å²) in [6.45, 7) is 9.51. The maximum absolute atomic E-state index is 11.6. The van der Waals surface area contributed by atoms with Crippen LogP contribution in [-0.4, -0.2) is 5.78 Å². The second-order valence-corrected chi connectivity index (χ2v) is 7.42. The molecule has 0 radical (unpaired) electrons. The SMILES string of the molecule is CC1CC(=O)CC(C)C12CC1C(C2)C1(C)C. The number of Topliss-reactive ketones (excluding diaryl/α,β-unsaturated/α-hetero) is 1. The lowest BCUT2D eigenvalue weighted by Gasteiger charge is -2.46. The first-order valence-corrected chi connectivity index (χ1v) is 6.89. The quantitative estimate of drug-likeness (QED) is 0.608. The van der Waals surface area contributed by atoms with E-state index < -0.39 is 0 Å². The van der Waals surface area contributed by atoms with Crippen LogP contribution in [0.1, 0.15) is 53.4 Å². The van der Waals surface area contributed by atoms with Gasteiger partial charge in [0, 0.05) is 12.8 Å². The highest BCUT2D eigenvalue weighted by Gasteiger charge is 2.68. The van der Waals surface area contributed by atoms with E-state index in [4.69, 9.17) is 0 Å². The van der Waals surface area contributed by atoms with Gasteiger partial charge < -0.3 is 0 Å². The van der Waals surface area contributed by atoms with Gasteiger partial charge in [0.15, 0.2) is 0 Å². The van der Waals surface area contributed by atoms with Crippen LogP contribution >= 0.6 is 0 Å². The monoisotopic (exact) mass is 220 g/mol. The highest BCUT2D eigenvalue weighted by Crippen LogP contribution is 2.75. The molecule has 0 aromatic heterocycles. The molecule has 90 valence electrons. The van der Waals surface area contributed by atoms with E-state index in [-0.39, 0.29) is 0 Å². The molecule has 0 amide bonds. The van der Waals surface area contributed by atoms with Crippen molar-refractivity contribution < 1.29 is 4.79 Å². The topological polar surface area (TPSA) is 17.1 Å². The molecule has 0 bridgehead atoms. The Bertz CT molecular complexity index is 311. The van der Waals surface area contributed by atoms with Crippen LogP contribution in [0.3, 0.4) is 0 Å². The predicted octanol–water partition coefficient (Wildman–Crippen LogP) is 3.67. The molecule has 3 aliphatic rings. The Hall–Kier alpha value is -0.330. The lowest BCUT2D eigenvalue weighted by atomic mass is 9.57. The fourth-order valence-electron chi connectivity index (χ4n) is 5.03. The van der Waals surface area contributed by atoms with Crippen LogP contribution in [0, 0.1) is 34.5 Å². The third-order valence-corrected chi connectivity index (χ3v) is 6.52. The van der Waals surface area contributed by atoms with Gasteiger partial charge in [-0.15, -0.1) is 0 Å². The summed E-state index contributed by atoms with van der Waals surface area (Å²) < 4.78 is 0. The van der Waals surface area contributed by atoms with Crippen molar-refractivity contribution in [3.63, 3.8) is 0 Å². The summed E-state index contributed by atoms with van der Waals surface area (Å²) in [4.78, 5) is 11.6. The fraction of sp³-hybridized carbons (Fsp3) is 0.933. The molecule has 3 saturated carbocycles. The molecule has 16 heavy (non-hydrogen) atoms. The Morgan fingerprint density at radius 2 is 1.44 bits per heavy atom. The van der Waals surface area contributed by atoms with Crippen LogP contribution in [0.25, 0.3) is 0 Å². The zero-order valence-electron chi connectivity index (χ0n) is 11.0. The van der Waals surface area contributed by atoms with Crippen molar-refractivity contribution in [2.24, 2.45) is 34.5 Å². The van der Waals surface area contributed by atoms with Crippen LogP contribution in [0.15, 0.2) is 0 Å². The van der Waals surface area contributed by atoms with Crippen LogP contribution in [0.2, 0.25) is 0 Å². The summed E-state index contributed by atoms with van der Waals surface area (Å²) in [5, 5.41) is 0. The molecule has 3 fully saturated rings. The van der Waals surface area contributed by atoms with Gasteiger partial charge in [0.1, 0.15) is 5.78 Å². The van der Waals surface area contributed by atoms with E-state index in [1.165, 1.54) is 12.8 Å². The van der Waals surface area contributed by atoms with Crippen molar-refractivity contribution in [2.75, 3.05) is 0 Å². The van der Waals surface area contributed by atoms with E-state index in [0.29, 0.717) is 28.4 Å². The van der Waals surface area contributed by atoms with Crippen LogP contribution in [0.4, 0.5) is 0 Å². The Labute approximate surface area is 99.0 Å². The summed E-state index contributed by atoms with van der Waals surface area (Å²) in [5.41, 5.74) is 1.14. The number of fused-ring (bicyclic) bond motifs is 1. The first kappa shape index (κ1) is 10.8. The second-order valence-electron chi connectivity index (χ2n) is 7.42. The van der Waals surface area contributed by atoms with Gasteiger partial charge in [0.25, 0.3) is 0 Å².